The summed E-state index contributed by atoms with van der Waals surface area (Å²) in [6.45, 7) is 0.933. The molecule has 0 fully saturated rings. The maximum absolute atomic E-state index is 12.1. The van der Waals surface area contributed by atoms with E-state index >= 15 is 0 Å². The largest absolute Gasteiger partial charge is 0.497 e. The lowest BCUT2D eigenvalue weighted by molar-refractivity contribution is 0.0600. The van der Waals surface area contributed by atoms with Crippen molar-refractivity contribution in [2.24, 2.45) is 0 Å². The molecular weight excluding hydrogens is 360 g/mol. The molecule has 28 heavy (non-hydrogen) atoms. The van der Waals surface area contributed by atoms with Gasteiger partial charge in [-0.05, 0) is 48.4 Å². The van der Waals surface area contributed by atoms with E-state index in [0.29, 0.717) is 30.6 Å². The molecule has 0 heterocycles. The van der Waals surface area contributed by atoms with E-state index in [4.69, 9.17) is 4.74 Å². The number of carbonyl (C=O) groups is 2. The molecule has 7 nitrogen and oxygen atoms in total. The van der Waals surface area contributed by atoms with Crippen molar-refractivity contribution in [2.75, 3.05) is 27.3 Å². The van der Waals surface area contributed by atoms with Gasteiger partial charge in [0.05, 0.1) is 19.8 Å². The number of aliphatic hydroxyl groups excluding tert-OH is 1. The minimum Gasteiger partial charge on any atom is -0.497 e. The third-order valence-corrected chi connectivity index (χ3v) is 4.20. The van der Waals surface area contributed by atoms with E-state index in [-0.39, 0.29) is 5.91 Å². The topological polar surface area (TPSA) is 96.9 Å². The van der Waals surface area contributed by atoms with Gasteiger partial charge in [-0.1, -0.05) is 12.1 Å². The first-order valence-corrected chi connectivity index (χ1v) is 9.04. The third kappa shape index (κ3) is 6.68. The predicted octanol–water partition coefficient (Wildman–Crippen LogP) is 1.75. The quantitative estimate of drug-likeness (QED) is 0.425. The van der Waals surface area contributed by atoms with Crippen molar-refractivity contribution in [1.82, 2.24) is 10.6 Å². The summed E-state index contributed by atoms with van der Waals surface area (Å²) in [5.74, 6) is 0.0930. The van der Waals surface area contributed by atoms with Gasteiger partial charge >= 0.3 is 5.97 Å². The molecule has 0 spiro atoms. The minimum absolute atomic E-state index is 0.264. The maximum Gasteiger partial charge on any atom is 0.337 e. The molecule has 2 rings (SSSR count). The standard InChI is InChI=1S/C21H26N2O5/c1-27-18-5-3-4-15(14-18)10-12-22-19(24)11-13-23-20(25)16-6-8-17(9-7-16)21(26)28-2/h3-9,14,19,22,24H,10-13H2,1-2H3,(H,23,25). The highest BCUT2D eigenvalue weighted by Crippen LogP contribution is 2.12. The highest BCUT2D eigenvalue weighted by molar-refractivity contribution is 5.96. The molecule has 1 amide bonds. The minimum atomic E-state index is -0.715. The Kier molecular flexibility index (Phi) is 8.45. The van der Waals surface area contributed by atoms with Gasteiger partial charge in [0, 0.05) is 25.1 Å². The lowest BCUT2D eigenvalue weighted by Crippen LogP contribution is -2.35. The Morgan fingerprint density at radius 1 is 1.04 bits per heavy atom. The van der Waals surface area contributed by atoms with Crippen LogP contribution >= 0.6 is 0 Å². The maximum atomic E-state index is 12.1. The summed E-state index contributed by atoms with van der Waals surface area (Å²) >= 11 is 0. The zero-order valence-corrected chi connectivity index (χ0v) is 16.1. The van der Waals surface area contributed by atoms with Gasteiger partial charge in [0.15, 0.2) is 0 Å². The van der Waals surface area contributed by atoms with Crippen molar-refractivity contribution in [2.45, 2.75) is 19.1 Å². The Hall–Kier alpha value is -2.90. The number of nitrogens with one attached hydrogen (secondary N) is 2. The van der Waals surface area contributed by atoms with E-state index in [9.17, 15) is 14.7 Å². The normalized spacial score (nSPS) is 11.5. The zero-order valence-electron chi connectivity index (χ0n) is 16.1. The lowest BCUT2D eigenvalue weighted by atomic mass is 10.1. The SMILES string of the molecule is COC(=O)c1ccc(C(=O)NCCC(O)NCCc2cccc(OC)c2)cc1. The first kappa shape index (κ1) is 21.4. The van der Waals surface area contributed by atoms with E-state index in [2.05, 4.69) is 15.4 Å². The van der Waals surface area contributed by atoms with Crippen molar-refractivity contribution in [3.05, 3.63) is 65.2 Å². The number of methoxy groups -OCH3 is 2. The van der Waals surface area contributed by atoms with Crippen molar-refractivity contribution < 1.29 is 24.2 Å². The Balaban J connectivity index is 1.67. The number of rotatable bonds is 10. The second-order valence-corrected chi connectivity index (χ2v) is 6.18. The molecule has 1 unspecified atom stereocenters. The van der Waals surface area contributed by atoms with Crippen LogP contribution in [0.25, 0.3) is 0 Å². The number of hydrogen-bond donors (Lipinski definition) is 3. The van der Waals surface area contributed by atoms with Crippen LogP contribution in [0.15, 0.2) is 48.5 Å². The number of amides is 1. The fraction of sp³-hybridized carbons (Fsp3) is 0.333. The molecule has 2 aromatic rings. The van der Waals surface area contributed by atoms with Crippen molar-refractivity contribution in [1.29, 1.82) is 0 Å². The molecule has 2 aromatic carbocycles. The summed E-state index contributed by atoms with van der Waals surface area (Å²) in [5.41, 5.74) is 1.94. The smallest absolute Gasteiger partial charge is 0.337 e. The summed E-state index contributed by atoms with van der Waals surface area (Å²) in [6, 6.07) is 14.0. The summed E-state index contributed by atoms with van der Waals surface area (Å²) in [7, 11) is 2.93. The lowest BCUT2D eigenvalue weighted by Gasteiger charge is -2.13. The van der Waals surface area contributed by atoms with Crippen molar-refractivity contribution in [3.8, 4) is 5.75 Å². The van der Waals surface area contributed by atoms with E-state index < -0.39 is 12.2 Å². The molecule has 150 valence electrons. The molecule has 0 saturated heterocycles. The zero-order chi connectivity index (χ0) is 20.4. The molecule has 0 saturated carbocycles. The second kappa shape index (κ2) is 11.1. The Labute approximate surface area is 164 Å². The van der Waals surface area contributed by atoms with E-state index in [0.717, 1.165) is 17.7 Å². The van der Waals surface area contributed by atoms with Gasteiger partial charge in [-0.3, -0.25) is 10.1 Å². The number of benzene rings is 2. The highest BCUT2D eigenvalue weighted by Gasteiger charge is 2.10. The monoisotopic (exact) mass is 386 g/mol. The van der Waals surface area contributed by atoms with Crippen LogP contribution in [0.4, 0.5) is 0 Å². The van der Waals surface area contributed by atoms with Gasteiger partial charge in [-0.15, -0.1) is 0 Å². The molecule has 0 radical (unpaired) electrons. The molecule has 0 aliphatic rings. The van der Waals surface area contributed by atoms with Crippen molar-refractivity contribution in [3.63, 3.8) is 0 Å². The molecule has 3 N–H and O–H groups in total. The van der Waals surface area contributed by atoms with E-state index in [1.807, 2.05) is 24.3 Å². The van der Waals surface area contributed by atoms with Gasteiger partial charge in [-0.2, -0.15) is 0 Å². The van der Waals surface area contributed by atoms with E-state index in [1.54, 1.807) is 19.2 Å². The van der Waals surface area contributed by atoms with Crippen LogP contribution in [0.2, 0.25) is 0 Å². The molecule has 0 aliphatic carbocycles. The average Bonchev–Trinajstić information content (AvgIpc) is 2.73. The number of esters is 1. The number of hydrogen-bond acceptors (Lipinski definition) is 6. The van der Waals surface area contributed by atoms with Crippen LogP contribution in [0.3, 0.4) is 0 Å². The Morgan fingerprint density at radius 3 is 2.43 bits per heavy atom. The van der Waals surface area contributed by atoms with Crippen LogP contribution in [-0.4, -0.2) is 50.5 Å². The fourth-order valence-corrected chi connectivity index (χ4v) is 2.61. The van der Waals surface area contributed by atoms with Gasteiger partial charge in [-0.25, -0.2) is 4.79 Å². The predicted molar refractivity (Wildman–Crippen MR) is 105 cm³/mol. The Bertz CT molecular complexity index is 777. The molecule has 0 aromatic heterocycles. The number of carbonyl (C=O) groups excluding carboxylic acids is 2. The molecule has 1 atom stereocenters. The highest BCUT2D eigenvalue weighted by atomic mass is 16.5. The first-order chi connectivity index (χ1) is 13.5. The van der Waals surface area contributed by atoms with Crippen molar-refractivity contribution >= 4 is 11.9 Å². The number of aliphatic hydroxyl groups is 1. The van der Waals surface area contributed by atoms with Crippen LogP contribution < -0.4 is 15.4 Å². The summed E-state index contributed by atoms with van der Waals surface area (Å²) < 4.78 is 9.80. The Morgan fingerprint density at radius 2 is 1.75 bits per heavy atom. The fourth-order valence-electron chi connectivity index (χ4n) is 2.61. The molecule has 7 heteroatoms. The van der Waals surface area contributed by atoms with Gasteiger partial charge in [0.25, 0.3) is 5.91 Å². The second-order valence-electron chi connectivity index (χ2n) is 6.18. The summed E-state index contributed by atoms with van der Waals surface area (Å²) in [6.07, 6.45) is 0.421. The van der Waals surface area contributed by atoms with Crippen LogP contribution in [0.1, 0.15) is 32.7 Å². The molecular formula is C21H26N2O5. The number of ether oxygens (including phenoxy) is 2. The summed E-state index contributed by atoms with van der Waals surface area (Å²) in [4.78, 5) is 23.5. The van der Waals surface area contributed by atoms with Crippen LogP contribution in [0, 0.1) is 0 Å². The molecule has 0 aliphatic heterocycles. The van der Waals surface area contributed by atoms with Gasteiger partial charge < -0.3 is 19.9 Å². The van der Waals surface area contributed by atoms with Gasteiger partial charge in [0.1, 0.15) is 12.0 Å². The van der Waals surface area contributed by atoms with Crippen LogP contribution in [0.5, 0.6) is 5.75 Å². The van der Waals surface area contributed by atoms with Crippen LogP contribution in [-0.2, 0) is 11.2 Å². The summed E-state index contributed by atoms with van der Waals surface area (Å²) in [5, 5.41) is 15.8. The van der Waals surface area contributed by atoms with Gasteiger partial charge in [0.2, 0.25) is 0 Å². The first-order valence-electron chi connectivity index (χ1n) is 9.04. The average molecular weight is 386 g/mol. The van der Waals surface area contributed by atoms with E-state index in [1.165, 1.54) is 19.2 Å². The third-order valence-electron chi connectivity index (χ3n) is 4.20. The molecule has 0 bridgehead atoms.